The molecular formula is C22H29NO3S2. The fourth-order valence-corrected chi connectivity index (χ4v) is 6.01. The fraction of sp³-hybridized carbons (Fsp3) is 0.545. The van der Waals surface area contributed by atoms with E-state index in [0.29, 0.717) is 6.61 Å². The number of carbonyl (C=O) groups is 2. The summed E-state index contributed by atoms with van der Waals surface area (Å²) in [5.74, 6) is -0.0369. The molecule has 0 saturated carbocycles. The van der Waals surface area contributed by atoms with Crippen LogP contribution in [0.5, 0.6) is 0 Å². The van der Waals surface area contributed by atoms with Gasteiger partial charge in [0.2, 0.25) is 5.12 Å². The molecule has 2 aliphatic heterocycles. The first-order chi connectivity index (χ1) is 13.5. The standard InChI is InChI=1S/C22H29NO3S2/c1-4-26-22(25)17-7-5-10-23(14-17)11-6-8-18(20-15(2)9-12-27-20)21-16(3)13-19(24)28-21/h9,12-13,17H,4-8,10-11,14H2,1-3H3/t17-/m1/s1. The number of nitrogens with zero attached hydrogens (tertiary/aromatic N) is 1. The Morgan fingerprint density at radius 1 is 1.36 bits per heavy atom. The molecule has 0 spiro atoms. The maximum absolute atomic E-state index is 12.1. The number of hydrogen-bond acceptors (Lipinski definition) is 6. The summed E-state index contributed by atoms with van der Waals surface area (Å²) in [7, 11) is 0. The van der Waals surface area contributed by atoms with Crippen LogP contribution in [0.4, 0.5) is 0 Å². The Morgan fingerprint density at radius 2 is 2.18 bits per heavy atom. The molecule has 1 saturated heterocycles. The SMILES string of the molecule is CCOC(=O)[C@@H]1CCCN(CCCC(=C2SC(=O)C=C2C)c2sccc2C)C1. The van der Waals surface area contributed by atoms with Crippen LogP contribution in [0.2, 0.25) is 0 Å². The summed E-state index contributed by atoms with van der Waals surface area (Å²) in [6, 6.07) is 2.15. The molecule has 3 heterocycles. The van der Waals surface area contributed by atoms with Crippen molar-refractivity contribution < 1.29 is 14.3 Å². The van der Waals surface area contributed by atoms with E-state index >= 15 is 0 Å². The van der Waals surface area contributed by atoms with Gasteiger partial charge in [-0.15, -0.1) is 11.3 Å². The normalized spacial score (nSPS) is 22.3. The first-order valence-electron chi connectivity index (χ1n) is 10.1. The van der Waals surface area contributed by atoms with Gasteiger partial charge >= 0.3 is 5.97 Å². The van der Waals surface area contributed by atoms with Crippen LogP contribution >= 0.6 is 23.1 Å². The van der Waals surface area contributed by atoms with Crippen LogP contribution in [-0.2, 0) is 14.3 Å². The predicted molar refractivity (Wildman–Crippen MR) is 117 cm³/mol. The summed E-state index contributed by atoms with van der Waals surface area (Å²) in [6.07, 6.45) is 5.70. The molecular weight excluding hydrogens is 390 g/mol. The van der Waals surface area contributed by atoms with Crippen LogP contribution in [0.25, 0.3) is 5.57 Å². The van der Waals surface area contributed by atoms with Crippen LogP contribution in [-0.4, -0.2) is 42.2 Å². The van der Waals surface area contributed by atoms with E-state index in [-0.39, 0.29) is 17.0 Å². The summed E-state index contributed by atoms with van der Waals surface area (Å²) in [6.45, 7) is 9.31. The maximum Gasteiger partial charge on any atom is 0.310 e. The number of rotatable bonds is 7. The lowest BCUT2D eigenvalue weighted by atomic mass is 9.97. The van der Waals surface area contributed by atoms with Crippen LogP contribution in [0, 0.1) is 12.8 Å². The average Bonchev–Trinajstić information content (AvgIpc) is 3.24. The number of likely N-dealkylation sites (tertiary alicyclic amines) is 1. The highest BCUT2D eigenvalue weighted by molar-refractivity contribution is 8.18. The van der Waals surface area contributed by atoms with Gasteiger partial charge in [-0.05, 0) is 106 Å². The second kappa shape index (κ2) is 9.90. The highest BCUT2D eigenvalue weighted by Gasteiger charge is 2.27. The molecule has 1 aromatic rings. The van der Waals surface area contributed by atoms with E-state index in [1.807, 2.05) is 13.8 Å². The van der Waals surface area contributed by atoms with Crippen molar-refractivity contribution in [2.75, 3.05) is 26.2 Å². The number of ether oxygens (including phenoxy) is 1. The first kappa shape index (κ1) is 21.3. The maximum atomic E-state index is 12.1. The number of thiophene rings is 1. The first-order valence-corrected chi connectivity index (χ1v) is 11.8. The van der Waals surface area contributed by atoms with Crippen LogP contribution in [0.3, 0.4) is 0 Å². The molecule has 2 aliphatic rings. The van der Waals surface area contributed by atoms with Crippen molar-refractivity contribution in [1.82, 2.24) is 4.90 Å². The predicted octanol–water partition coefficient (Wildman–Crippen LogP) is 5.04. The third kappa shape index (κ3) is 5.16. The molecule has 0 aromatic carbocycles. The number of carbonyl (C=O) groups excluding carboxylic acids is 2. The number of esters is 1. The number of piperidine rings is 1. The molecule has 0 radical (unpaired) electrons. The van der Waals surface area contributed by atoms with E-state index < -0.39 is 0 Å². The summed E-state index contributed by atoms with van der Waals surface area (Å²) < 4.78 is 5.21. The summed E-state index contributed by atoms with van der Waals surface area (Å²) in [5.41, 5.74) is 3.66. The van der Waals surface area contributed by atoms with Gasteiger partial charge in [-0.3, -0.25) is 9.59 Å². The third-order valence-corrected chi connectivity index (χ3v) is 7.50. The molecule has 0 N–H and O–H groups in total. The molecule has 28 heavy (non-hydrogen) atoms. The Labute approximate surface area is 176 Å². The topological polar surface area (TPSA) is 46.6 Å². The largest absolute Gasteiger partial charge is 0.466 e. The molecule has 0 amide bonds. The lowest BCUT2D eigenvalue weighted by molar-refractivity contribution is -0.149. The highest BCUT2D eigenvalue weighted by atomic mass is 32.2. The van der Waals surface area contributed by atoms with E-state index in [1.165, 1.54) is 27.8 Å². The van der Waals surface area contributed by atoms with Crippen LogP contribution in [0.15, 0.2) is 28.0 Å². The molecule has 4 nitrogen and oxygen atoms in total. The monoisotopic (exact) mass is 419 g/mol. The Bertz CT molecular complexity index is 793. The number of allylic oxidation sites excluding steroid dienone is 2. The molecule has 0 bridgehead atoms. The third-order valence-electron chi connectivity index (χ3n) is 5.33. The van der Waals surface area contributed by atoms with Gasteiger partial charge in [-0.25, -0.2) is 0 Å². The zero-order chi connectivity index (χ0) is 20.1. The van der Waals surface area contributed by atoms with Gasteiger partial charge in [0, 0.05) is 16.3 Å². The minimum Gasteiger partial charge on any atom is -0.466 e. The van der Waals surface area contributed by atoms with E-state index in [4.69, 9.17) is 4.74 Å². The van der Waals surface area contributed by atoms with E-state index in [0.717, 1.165) is 55.8 Å². The summed E-state index contributed by atoms with van der Waals surface area (Å²) in [5, 5.41) is 2.26. The second-order valence-electron chi connectivity index (χ2n) is 7.48. The van der Waals surface area contributed by atoms with Crippen molar-refractivity contribution in [3.05, 3.63) is 38.4 Å². The molecule has 1 aromatic heterocycles. The number of thioether (sulfide) groups is 1. The van der Waals surface area contributed by atoms with Gasteiger partial charge < -0.3 is 9.64 Å². The molecule has 152 valence electrons. The smallest absolute Gasteiger partial charge is 0.310 e. The highest BCUT2D eigenvalue weighted by Crippen LogP contribution is 2.42. The quantitative estimate of drug-likeness (QED) is 0.579. The van der Waals surface area contributed by atoms with Crippen molar-refractivity contribution in [2.45, 2.75) is 46.5 Å². The van der Waals surface area contributed by atoms with Crippen molar-refractivity contribution in [3.63, 3.8) is 0 Å². The van der Waals surface area contributed by atoms with Crippen LogP contribution < -0.4 is 0 Å². The Kier molecular flexibility index (Phi) is 7.55. The Morgan fingerprint density at radius 3 is 2.82 bits per heavy atom. The molecule has 0 unspecified atom stereocenters. The van der Waals surface area contributed by atoms with Gasteiger partial charge in [0.15, 0.2) is 0 Å². The Balaban J connectivity index is 1.65. The second-order valence-corrected chi connectivity index (χ2v) is 9.42. The minimum absolute atomic E-state index is 0.0132. The minimum atomic E-state index is -0.0501. The van der Waals surface area contributed by atoms with E-state index in [9.17, 15) is 9.59 Å². The number of hydrogen-bond donors (Lipinski definition) is 0. The zero-order valence-corrected chi connectivity index (χ0v) is 18.6. The van der Waals surface area contributed by atoms with Gasteiger partial charge in [0.05, 0.1) is 12.5 Å². The number of aryl methyl sites for hydroxylation is 1. The fourth-order valence-electron chi connectivity index (χ4n) is 3.96. The van der Waals surface area contributed by atoms with Crippen molar-refractivity contribution in [2.24, 2.45) is 5.92 Å². The van der Waals surface area contributed by atoms with Gasteiger partial charge in [-0.1, -0.05) is 0 Å². The van der Waals surface area contributed by atoms with Gasteiger partial charge in [-0.2, -0.15) is 0 Å². The molecule has 1 fully saturated rings. The molecule has 3 rings (SSSR count). The van der Waals surface area contributed by atoms with E-state index in [1.54, 1.807) is 17.4 Å². The summed E-state index contributed by atoms with van der Waals surface area (Å²) >= 11 is 3.12. The lowest BCUT2D eigenvalue weighted by Crippen LogP contribution is -2.39. The molecule has 6 heteroatoms. The van der Waals surface area contributed by atoms with Gasteiger partial charge in [0.25, 0.3) is 0 Å². The average molecular weight is 420 g/mol. The molecule has 0 aliphatic carbocycles. The van der Waals surface area contributed by atoms with E-state index in [2.05, 4.69) is 23.3 Å². The summed E-state index contributed by atoms with van der Waals surface area (Å²) in [4.78, 5) is 28.8. The van der Waals surface area contributed by atoms with Crippen LogP contribution in [0.1, 0.15) is 50.0 Å². The molecule has 1 atom stereocenters. The Hall–Kier alpha value is -1.37. The van der Waals surface area contributed by atoms with Crippen molar-refractivity contribution >= 4 is 39.8 Å². The lowest BCUT2D eigenvalue weighted by Gasteiger charge is -2.31. The van der Waals surface area contributed by atoms with Crippen molar-refractivity contribution in [3.8, 4) is 0 Å². The van der Waals surface area contributed by atoms with Gasteiger partial charge in [0.1, 0.15) is 0 Å². The van der Waals surface area contributed by atoms with Crippen molar-refractivity contribution in [1.29, 1.82) is 0 Å². The zero-order valence-electron chi connectivity index (χ0n) is 17.0.